The van der Waals surface area contributed by atoms with E-state index in [9.17, 15) is 5.21 Å². The molecule has 2 saturated carbocycles. The van der Waals surface area contributed by atoms with Crippen LogP contribution in [0.25, 0.3) is 0 Å². The van der Waals surface area contributed by atoms with Crippen LogP contribution in [0.5, 0.6) is 0 Å². The average Bonchev–Trinajstić information content (AvgIpc) is 3.11. The molecule has 0 bridgehead atoms. The lowest BCUT2D eigenvalue weighted by atomic mass is 9.61. The summed E-state index contributed by atoms with van der Waals surface area (Å²) in [5.74, 6) is 0.364. The van der Waals surface area contributed by atoms with Gasteiger partial charge < -0.3 is 9.94 Å². The van der Waals surface area contributed by atoms with Gasteiger partial charge in [0, 0.05) is 11.3 Å². The van der Waals surface area contributed by atoms with E-state index in [1.54, 1.807) is 0 Å². The van der Waals surface area contributed by atoms with Crippen LogP contribution in [0.3, 0.4) is 0 Å². The fraction of sp³-hybridized carbons (Fsp3) is 0.667. The zero-order chi connectivity index (χ0) is 17.0. The van der Waals surface area contributed by atoms with Crippen molar-refractivity contribution in [3.8, 4) is 0 Å². The fourth-order valence-corrected chi connectivity index (χ4v) is 6.08. The number of oxime groups is 1. The van der Waals surface area contributed by atoms with Crippen LogP contribution in [0.4, 0.5) is 0 Å². The lowest BCUT2D eigenvalue weighted by Gasteiger charge is -2.49. The summed E-state index contributed by atoms with van der Waals surface area (Å²) < 4.78 is 7.03. The number of rotatable bonds is 1. The highest BCUT2D eigenvalue weighted by Crippen LogP contribution is 2.63. The third-order valence-electron chi connectivity index (χ3n) is 7.47. The quantitative estimate of drug-likeness (QED) is 0.410. The summed E-state index contributed by atoms with van der Waals surface area (Å²) in [7, 11) is 0. The Morgan fingerprint density at radius 1 is 1.29 bits per heavy atom. The van der Waals surface area contributed by atoms with Crippen molar-refractivity contribution in [2.75, 3.05) is 0 Å². The third-order valence-corrected chi connectivity index (χ3v) is 7.47. The molecule has 0 aromatic rings. The Balaban J connectivity index is 1.78. The Kier molecular flexibility index (Phi) is 3.58. The number of allylic oxidation sites excluding steroid dienone is 1. The van der Waals surface area contributed by atoms with Gasteiger partial charge in [-0.2, -0.15) is 0 Å². The molecule has 3 aliphatic carbocycles. The van der Waals surface area contributed by atoms with Gasteiger partial charge in [0.2, 0.25) is 0 Å². The number of fused-ring (bicyclic) bond motifs is 2. The lowest BCUT2D eigenvalue weighted by molar-refractivity contribution is -0.120. The second-order valence-corrected chi connectivity index (χ2v) is 8.42. The second-order valence-electron chi connectivity index (χ2n) is 8.42. The molecular formula is C21H29NO2. The minimum absolute atomic E-state index is 0.0945. The van der Waals surface area contributed by atoms with Crippen LogP contribution in [0.2, 0.25) is 0 Å². The zero-order valence-electron chi connectivity index (χ0n) is 14.8. The van der Waals surface area contributed by atoms with Crippen LogP contribution in [0, 0.1) is 11.3 Å². The van der Waals surface area contributed by atoms with Crippen molar-refractivity contribution in [1.82, 2.24) is 0 Å². The van der Waals surface area contributed by atoms with E-state index in [2.05, 4.69) is 31.3 Å². The molecule has 1 saturated heterocycles. The summed E-state index contributed by atoms with van der Waals surface area (Å²) in [4.78, 5) is 0. The first-order valence-electron chi connectivity index (χ1n) is 9.44. The van der Waals surface area contributed by atoms with Gasteiger partial charge in [-0.25, -0.2) is 0 Å². The van der Waals surface area contributed by atoms with Crippen molar-refractivity contribution in [3.05, 3.63) is 36.5 Å². The van der Waals surface area contributed by atoms with E-state index in [0.29, 0.717) is 5.92 Å². The maximum Gasteiger partial charge on any atom is 0.0978 e. The van der Waals surface area contributed by atoms with Crippen LogP contribution in [-0.2, 0) is 4.74 Å². The Hall–Kier alpha value is -1.35. The van der Waals surface area contributed by atoms with E-state index in [0.717, 1.165) is 50.7 Å². The van der Waals surface area contributed by atoms with Crippen molar-refractivity contribution < 1.29 is 9.94 Å². The lowest BCUT2D eigenvalue weighted by Crippen LogP contribution is -2.51. The SMILES string of the molecule is C=CC1=CC[C@]2(C)/C(=N/O)CC[C@@H]2[C@]12CC[C@]1(CCCCC1=C)O2. The molecule has 0 aromatic heterocycles. The van der Waals surface area contributed by atoms with E-state index < -0.39 is 0 Å². The Bertz CT molecular complexity index is 648. The third kappa shape index (κ3) is 1.91. The molecule has 3 heteroatoms. The molecule has 2 spiro atoms. The number of hydrogen-bond acceptors (Lipinski definition) is 3. The van der Waals surface area contributed by atoms with Gasteiger partial charge >= 0.3 is 0 Å². The first-order valence-corrected chi connectivity index (χ1v) is 9.44. The van der Waals surface area contributed by atoms with E-state index in [4.69, 9.17) is 4.74 Å². The zero-order valence-corrected chi connectivity index (χ0v) is 14.8. The molecule has 0 amide bonds. The summed E-state index contributed by atoms with van der Waals surface area (Å²) in [6.07, 6.45) is 13.9. The second kappa shape index (κ2) is 5.32. The Morgan fingerprint density at radius 2 is 2.12 bits per heavy atom. The standard InChI is InChI=1S/C21H29NO2/c1-4-16-10-12-19(3)17(8-9-18(19)22-23)21(16)14-13-20(24-21)11-6-5-7-15(20)2/h4,10,17,23H,1-2,5-9,11-14H2,3H3/b22-18+/t17-,19-,20-,21-/m0/s1. The minimum atomic E-state index is -0.276. The van der Waals surface area contributed by atoms with Gasteiger partial charge in [-0.05, 0) is 68.9 Å². The summed E-state index contributed by atoms with van der Waals surface area (Å²) in [6.45, 7) is 10.7. The largest absolute Gasteiger partial charge is 0.411 e. The highest BCUT2D eigenvalue weighted by atomic mass is 16.5. The van der Waals surface area contributed by atoms with Crippen LogP contribution in [0.1, 0.15) is 64.7 Å². The van der Waals surface area contributed by atoms with Gasteiger partial charge in [-0.3, -0.25) is 0 Å². The fourth-order valence-electron chi connectivity index (χ4n) is 6.08. The predicted molar refractivity (Wildman–Crippen MR) is 96.3 cm³/mol. The average molecular weight is 327 g/mol. The molecule has 130 valence electrons. The molecule has 1 aliphatic heterocycles. The minimum Gasteiger partial charge on any atom is -0.411 e. The molecule has 0 radical (unpaired) electrons. The van der Waals surface area contributed by atoms with E-state index >= 15 is 0 Å². The number of nitrogens with zero attached hydrogens (tertiary/aromatic N) is 1. The highest BCUT2D eigenvalue weighted by Gasteiger charge is 2.63. The van der Waals surface area contributed by atoms with Crippen molar-refractivity contribution >= 4 is 5.71 Å². The first-order chi connectivity index (χ1) is 11.5. The normalized spacial score (nSPS) is 46.5. The summed E-state index contributed by atoms with van der Waals surface area (Å²) in [5.41, 5.74) is 2.97. The molecule has 3 fully saturated rings. The van der Waals surface area contributed by atoms with Gasteiger partial charge in [0.25, 0.3) is 0 Å². The van der Waals surface area contributed by atoms with Crippen LogP contribution in [0.15, 0.2) is 41.6 Å². The monoisotopic (exact) mass is 327 g/mol. The number of ether oxygens (including phenoxy) is 1. The smallest absolute Gasteiger partial charge is 0.0978 e. The maximum absolute atomic E-state index is 9.50. The molecule has 4 atom stereocenters. The van der Waals surface area contributed by atoms with Crippen molar-refractivity contribution in [1.29, 1.82) is 0 Å². The first kappa shape index (κ1) is 16.1. The van der Waals surface area contributed by atoms with Gasteiger partial charge in [-0.15, -0.1) is 0 Å². The molecule has 4 rings (SSSR count). The van der Waals surface area contributed by atoms with E-state index in [1.807, 2.05) is 6.08 Å². The van der Waals surface area contributed by atoms with E-state index in [1.165, 1.54) is 24.0 Å². The topological polar surface area (TPSA) is 41.8 Å². The van der Waals surface area contributed by atoms with Crippen molar-refractivity contribution in [2.45, 2.75) is 75.9 Å². The summed E-state index contributed by atoms with van der Waals surface area (Å²) in [6, 6.07) is 0. The van der Waals surface area contributed by atoms with Crippen LogP contribution >= 0.6 is 0 Å². The van der Waals surface area contributed by atoms with Crippen molar-refractivity contribution in [2.24, 2.45) is 16.5 Å². The van der Waals surface area contributed by atoms with Crippen LogP contribution < -0.4 is 0 Å². The van der Waals surface area contributed by atoms with Crippen molar-refractivity contribution in [3.63, 3.8) is 0 Å². The Labute approximate surface area is 145 Å². The molecule has 1 heterocycles. The highest BCUT2D eigenvalue weighted by molar-refractivity contribution is 5.92. The van der Waals surface area contributed by atoms with Crippen LogP contribution in [-0.4, -0.2) is 22.1 Å². The van der Waals surface area contributed by atoms with Gasteiger partial charge in [0.1, 0.15) is 0 Å². The predicted octanol–water partition coefficient (Wildman–Crippen LogP) is 5.17. The Morgan fingerprint density at radius 3 is 2.83 bits per heavy atom. The summed E-state index contributed by atoms with van der Waals surface area (Å²) in [5, 5.41) is 13.2. The molecule has 0 aromatic carbocycles. The maximum atomic E-state index is 9.50. The van der Waals surface area contributed by atoms with E-state index in [-0.39, 0.29) is 16.6 Å². The molecule has 3 nitrogen and oxygen atoms in total. The van der Waals surface area contributed by atoms with Gasteiger partial charge in [0.15, 0.2) is 0 Å². The van der Waals surface area contributed by atoms with Gasteiger partial charge in [0.05, 0.1) is 16.9 Å². The molecule has 1 N–H and O–H groups in total. The van der Waals surface area contributed by atoms with Gasteiger partial charge in [-0.1, -0.05) is 37.4 Å². The summed E-state index contributed by atoms with van der Waals surface area (Å²) >= 11 is 0. The molecule has 0 unspecified atom stereocenters. The number of hydrogen-bond donors (Lipinski definition) is 1. The molecular weight excluding hydrogens is 298 g/mol. The molecule has 4 aliphatic rings. The molecule has 24 heavy (non-hydrogen) atoms.